The summed E-state index contributed by atoms with van der Waals surface area (Å²) in [6.45, 7) is 3.20. The summed E-state index contributed by atoms with van der Waals surface area (Å²) in [6, 6.07) is 6.30. The Bertz CT molecular complexity index is 440. The first-order valence-corrected chi connectivity index (χ1v) is 5.61. The molecule has 95 valence electrons. The second kappa shape index (κ2) is 6.54. The number of nitrogens with one attached hydrogen (secondary N) is 1. The molecule has 1 unspecified atom stereocenters. The van der Waals surface area contributed by atoms with Gasteiger partial charge in [-0.3, -0.25) is 10.2 Å². The number of hydrogen-bond donors (Lipinski definition) is 2. The quantitative estimate of drug-likeness (QED) is 0.432. The third-order valence-corrected chi connectivity index (χ3v) is 2.51. The van der Waals surface area contributed by atoms with Crippen LogP contribution in [-0.2, 0) is 9.53 Å². The van der Waals surface area contributed by atoms with Crippen molar-refractivity contribution in [2.24, 2.45) is 5.73 Å². The first-order chi connectivity index (χ1) is 8.60. The van der Waals surface area contributed by atoms with Crippen LogP contribution < -0.4 is 5.73 Å². The summed E-state index contributed by atoms with van der Waals surface area (Å²) < 4.78 is 4.65. The van der Waals surface area contributed by atoms with Gasteiger partial charge in [0.05, 0.1) is 0 Å². The largest absolute Gasteiger partial charge is 0.446 e. The van der Waals surface area contributed by atoms with Crippen LogP contribution in [-0.4, -0.2) is 24.2 Å². The van der Waals surface area contributed by atoms with Crippen molar-refractivity contribution in [2.45, 2.75) is 25.9 Å². The number of ketones is 1. The Kier molecular flexibility index (Phi) is 5.05. The van der Waals surface area contributed by atoms with Gasteiger partial charge in [0.25, 0.3) is 0 Å². The molecule has 0 heterocycles. The number of hydrogen-bond acceptors (Lipinski definition) is 4. The number of carbonyl (C=O) groups excluding carboxylic acids is 2. The summed E-state index contributed by atoms with van der Waals surface area (Å²) in [7, 11) is 0. The van der Waals surface area contributed by atoms with Gasteiger partial charge in [-0.15, -0.1) is 0 Å². The Balaban J connectivity index is 2.87. The van der Waals surface area contributed by atoms with Crippen LogP contribution in [0.3, 0.4) is 0 Å². The van der Waals surface area contributed by atoms with Gasteiger partial charge in [-0.2, -0.15) is 0 Å². The van der Waals surface area contributed by atoms with E-state index < -0.39 is 6.10 Å². The monoisotopic (exact) mass is 247 g/mol. The normalized spacial score (nSPS) is 11.6. The highest BCUT2D eigenvalue weighted by molar-refractivity contribution is 6.01. The van der Waals surface area contributed by atoms with E-state index in [-0.39, 0.29) is 11.6 Å². The van der Waals surface area contributed by atoms with Crippen molar-refractivity contribution in [3.8, 4) is 0 Å². The van der Waals surface area contributed by atoms with E-state index in [1.165, 1.54) is 6.47 Å². The number of rotatable bonds is 7. The summed E-state index contributed by atoms with van der Waals surface area (Å²) in [5.41, 5.74) is 6.29. The van der Waals surface area contributed by atoms with Crippen LogP contribution in [0.5, 0.6) is 0 Å². The maximum atomic E-state index is 12.0. The van der Waals surface area contributed by atoms with E-state index in [2.05, 4.69) is 4.74 Å². The minimum absolute atomic E-state index is 0.0587. The Morgan fingerprint density at radius 3 is 2.39 bits per heavy atom. The number of ether oxygens (including phenoxy) is 1. The minimum atomic E-state index is -0.796. The van der Waals surface area contributed by atoms with Crippen molar-refractivity contribution in [3.63, 3.8) is 0 Å². The predicted octanol–water partition coefficient (Wildman–Crippen LogP) is 1.41. The van der Waals surface area contributed by atoms with Gasteiger partial charge >= 0.3 is 6.47 Å². The average molecular weight is 247 g/mol. The molecule has 1 aromatic carbocycles. The maximum absolute atomic E-state index is 12.0. The van der Waals surface area contributed by atoms with Crippen molar-refractivity contribution >= 4 is 18.1 Å². The second-order valence-electron chi connectivity index (χ2n) is 3.83. The van der Waals surface area contributed by atoms with Crippen LogP contribution in [0.4, 0.5) is 0 Å². The van der Waals surface area contributed by atoms with E-state index in [4.69, 9.17) is 11.1 Å². The highest BCUT2D eigenvalue weighted by Crippen LogP contribution is 2.12. The highest BCUT2D eigenvalue weighted by Gasteiger charge is 2.20. The van der Waals surface area contributed by atoms with Gasteiger partial charge < -0.3 is 10.5 Å². The molecule has 0 aromatic heterocycles. The first kappa shape index (κ1) is 13.9. The molecule has 18 heavy (non-hydrogen) atoms. The van der Waals surface area contributed by atoms with Crippen LogP contribution in [0.2, 0.25) is 0 Å². The molecule has 0 bridgehead atoms. The smallest absolute Gasteiger partial charge is 0.418 e. The predicted molar refractivity (Wildman–Crippen MR) is 67.3 cm³/mol. The number of nitrogens with two attached hydrogens (primary N) is 1. The molecular weight excluding hydrogens is 232 g/mol. The van der Waals surface area contributed by atoms with Crippen molar-refractivity contribution in [1.82, 2.24) is 0 Å². The molecule has 1 radical (unpaired) electrons. The molecule has 0 saturated carbocycles. The summed E-state index contributed by atoms with van der Waals surface area (Å²) in [5.74, 6) is -0.327. The van der Waals surface area contributed by atoms with Gasteiger partial charge in [0, 0.05) is 11.1 Å². The fraction of sp³-hybridized carbons (Fsp3) is 0.308. The fourth-order valence-electron chi connectivity index (χ4n) is 1.56. The summed E-state index contributed by atoms with van der Waals surface area (Å²) in [6.07, 6.45) is 0.391. The molecule has 0 spiro atoms. The third-order valence-electron chi connectivity index (χ3n) is 2.51. The SMILES string of the molecule is CCCC(O[C]=O)C(=O)c1ccc(C(=N)N)cc1. The first-order valence-electron chi connectivity index (χ1n) is 5.61. The Morgan fingerprint density at radius 1 is 1.39 bits per heavy atom. The summed E-state index contributed by atoms with van der Waals surface area (Å²) >= 11 is 0. The zero-order valence-electron chi connectivity index (χ0n) is 10.1. The third kappa shape index (κ3) is 3.41. The molecule has 0 aliphatic rings. The van der Waals surface area contributed by atoms with E-state index in [0.717, 1.165) is 6.42 Å². The van der Waals surface area contributed by atoms with Crippen LogP contribution >= 0.6 is 0 Å². The highest BCUT2D eigenvalue weighted by atomic mass is 16.5. The van der Waals surface area contributed by atoms with Crippen molar-refractivity contribution < 1.29 is 14.3 Å². The van der Waals surface area contributed by atoms with E-state index >= 15 is 0 Å². The van der Waals surface area contributed by atoms with Crippen molar-refractivity contribution in [1.29, 1.82) is 5.41 Å². The number of benzene rings is 1. The molecule has 5 nitrogen and oxygen atoms in total. The maximum Gasteiger partial charge on any atom is 0.418 e. The Labute approximate surface area is 105 Å². The molecule has 0 fully saturated rings. The molecule has 1 aromatic rings. The lowest BCUT2D eigenvalue weighted by atomic mass is 10.0. The van der Waals surface area contributed by atoms with Gasteiger partial charge in [-0.1, -0.05) is 37.6 Å². The van der Waals surface area contributed by atoms with Crippen molar-refractivity contribution in [2.75, 3.05) is 0 Å². The Hall–Kier alpha value is -2.17. The van der Waals surface area contributed by atoms with Gasteiger partial charge in [0.1, 0.15) is 5.84 Å². The summed E-state index contributed by atoms with van der Waals surface area (Å²) in [5, 5.41) is 7.25. The molecule has 0 amide bonds. The van der Waals surface area contributed by atoms with Gasteiger partial charge in [0.15, 0.2) is 6.10 Å². The molecule has 3 N–H and O–H groups in total. The zero-order chi connectivity index (χ0) is 13.5. The van der Waals surface area contributed by atoms with Gasteiger partial charge in [-0.25, -0.2) is 4.79 Å². The van der Waals surface area contributed by atoms with Crippen LogP contribution in [0.25, 0.3) is 0 Å². The lowest BCUT2D eigenvalue weighted by Gasteiger charge is -2.12. The number of amidine groups is 1. The molecule has 1 atom stereocenters. The summed E-state index contributed by atoms with van der Waals surface area (Å²) in [4.78, 5) is 22.2. The topological polar surface area (TPSA) is 93.2 Å². The van der Waals surface area contributed by atoms with Crippen molar-refractivity contribution in [3.05, 3.63) is 35.4 Å². The minimum Gasteiger partial charge on any atom is -0.446 e. The average Bonchev–Trinajstić information content (AvgIpc) is 2.38. The molecular formula is C13H15N2O3. The van der Waals surface area contributed by atoms with Gasteiger partial charge in [0.2, 0.25) is 5.78 Å². The number of nitrogen functional groups attached to an aromatic ring is 1. The fourth-order valence-corrected chi connectivity index (χ4v) is 1.56. The van der Waals surface area contributed by atoms with E-state index in [1.807, 2.05) is 6.92 Å². The zero-order valence-corrected chi connectivity index (χ0v) is 10.1. The Morgan fingerprint density at radius 2 is 1.94 bits per heavy atom. The van der Waals surface area contributed by atoms with Crippen LogP contribution in [0, 0.1) is 5.41 Å². The van der Waals surface area contributed by atoms with E-state index in [9.17, 15) is 9.59 Å². The van der Waals surface area contributed by atoms with Crippen LogP contribution in [0.15, 0.2) is 24.3 Å². The number of carbonyl (C=O) groups is 1. The molecule has 0 aliphatic heterocycles. The van der Waals surface area contributed by atoms with Crippen LogP contribution in [0.1, 0.15) is 35.7 Å². The second-order valence-corrected chi connectivity index (χ2v) is 3.83. The lowest BCUT2D eigenvalue weighted by Crippen LogP contribution is -2.24. The standard InChI is InChI=1S/C13H15N2O3/c1-2-3-11(18-8-16)12(17)9-4-6-10(7-5-9)13(14)15/h4-7,11H,2-3H2,1H3,(H3,14,15). The van der Waals surface area contributed by atoms with Gasteiger partial charge in [-0.05, 0) is 6.42 Å². The van der Waals surface area contributed by atoms with E-state index in [1.54, 1.807) is 24.3 Å². The van der Waals surface area contributed by atoms with E-state index in [0.29, 0.717) is 17.5 Å². The lowest BCUT2D eigenvalue weighted by molar-refractivity contribution is 0.0746. The molecule has 5 heteroatoms. The molecule has 1 rings (SSSR count). The molecule has 0 saturated heterocycles. The number of Topliss-reactive ketones (excluding diaryl/α,β-unsaturated/α-hetero) is 1. The molecule has 0 aliphatic carbocycles.